The van der Waals surface area contributed by atoms with Gasteiger partial charge in [0.25, 0.3) is 0 Å². The molecule has 4 atom stereocenters. The molecule has 0 heteroatoms. The maximum Gasteiger partial charge on any atom is -0.0234 e. The zero-order valence-electron chi connectivity index (χ0n) is 12.6. The molecule has 4 unspecified atom stereocenters. The minimum absolute atomic E-state index is 0.795. The van der Waals surface area contributed by atoms with Crippen LogP contribution in [-0.4, -0.2) is 0 Å². The van der Waals surface area contributed by atoms with Crippen molar-refractivity contribution in [3.63, 3.8) is 0 Å². The molecule has 1 aliphatic rings. The van der Waals surface area contributed by atoms with Gasteiger partial charge in [0.1, 0.15) is 0 Å². The minimum Gasteiger partial charge on any atom is -0.0853 e. The molecule has 0 saturated heterocycles. The van der Waals surface area contributed by atoms with Crippen LogP contribution in [-0.2, 0) is 0 Å². The lowest BCUT2D eigenvalue weighted by molar-refractivity contribution is 0.428. The van der Waals surface area contributed by atoms with Crippen LogP contribution in [0, 0.1) is 23.7 Å². The number of hydrogen-bond acceptors (Lipinski definition) is 0. The van der Waals surface area contributed by atoms with Crippen LogP contribution in [0.4, 0.5) is 0 Å². The second-order valence-corrected chi connectivity index (χ2v) is 6.08. The van der Waals surface area contributed by atoms with Gasteiger partial charge in [-0.2, -0.15) is 0 Å². The van der Waals surface area contributed by atoms with Crippen LogP contribution in [0.5, 0.6) is 0 Å². The Labute approximate surface area is 109 Å². The summed E-state index contributed by atoms with van der Waals surface area (Å²) in [5, 5.41) is 0. The first-order valence-corrected chi connectivity index (χ1v) is 7.82. The summed E-state index contributed by atoms with van der Waals surface area (Å²) in [7, 11) is 0. The molecule has 1 fully saturated rings. The van der Waals surface area contributed by atoms with Crippen LogP contribution >= 0.6 is 0 Å². The maximum atomic E-state index is 2.48. The third kappa shape index (κ3) is 4.48. The Morgan fingerprint density at radius 1 is 1.24 bits per heavy atom. The number of allylic oxidation sites excluding steroid dienone is 2. The molecule has 0 heterocycles. The van der Waals surface area contributed by atoms with E-state index in [0.717, 1.165) is 23.7 Å². The van der Waals surface area contributed by atoms with Crippen molar-refractivity contribution in [3.05, 3.63) is 11.6 Å². The van der Waals surface area contributed by atoms with Gasteiger partial charge >= 0.3 is 0 Å². The zero-order chi connectivity index (χ0) is 12.8. The SMILES string of the molecule is CCC=C(CCC(C)C1CC1CC)C(C)CC. The summed E-state index contributed by atoms with van der Waals surface area (Å²) in [6, 6.07) is 0. The standard InChI is InChI=1S/C17H32/c1-6-9-16(13(4)7-2)11-10-14(5)17-12-15(17)8-3/h9,13-15,17H,6-8,10-12H2,1-5H3. The molecule has 0 aromatic rings. The van der Waals surface area contributed by atoms with Gasteiger partial charge in [-0.25, -0.2) is 0 Å². The second kappa shape index (κ2) is 7.24. The summed E-state index contributed by atoms with van der Waals surface area (Å²) in [6.45, 7) is 11.8. The monoisotopic (exact) mass is 236 g/mol. The van der Waals surface area contributed by atoms with Crippen molar-refractivity contribution in [1.82, 2.24) is 0 Å². The van der Waals surface area contributed by atoms with E-state index in [1.807, 2.05) is 0 Å². The molecule has 0 radical (unpaired) electrons. The Balaban J connectivity index is 2.34. The quantitative estimate of drug-likeness (QED) is 0.465. The molecule has 0 aromatic carbocycles. The largest absolute Gasteiger partial charge is 0.0853 e. The fourth-order valence-electron chi connectivity index (χ4n) is 3.12. The van der Waals surface area contributed by atoms with E-state index in [1.165, 1.54) is 38.5 Å². The zero-order valence-corrected chi connectivity index (χ0v) is 12.6. The molecular weight excluding hydrogens is 204 g/mol. The van der Waals surface area contributed by atoms with Gasteiger partial charge < -0.3 is 0 Å². The molecule has 0 bridgehead atoms. The Hall–Kier alpha value is -0.260. The number of rotatable bonds is 8. The van der Waals surface area contributed by atoms with E-state index in [9.17, 15) is 0 Å². The molecule has 17 heavy (non-hydrogen) atoms. The van der Waals surface area contributed by atoms with Crippen molar-refractivity contribution in [2.75, 3.05) is 0 Å². The highest BCUT2D eigenvalue weighted by molar-refractivity contribution is 5.06. The van der Waals surface area contributed by atoms with Crippen LogP contribution in [0.1, 0.15) is 73.1 Å². The van der Waals surface area contributed by atoms with E-state index in [-0.39, 0.29) is 0 Å². The molecule has 0 aliphatic heterocycles. The lowest BCUT2D eigenvalue weighted by Crippen LogP contribution is -2.04. The Kier molecular flexibility index (Phi) is 6.30. The van der Waals surface area contributed by atoms with Crippen LogP contribution < -0.4 is 0 Å². The fraction of sp³-hybridized carbons (Fsp3) is 0.882. The maximum absolute atomic E-state index is 2.48. The van der Waals surface area contributed by atoms with E-state index >= 15 is 0 Å². The van der Waals surface area contributed by atoms with Crippen LogP contribution in [0.3, 0.4) is 0 Å². The van der Waals surface area contributed by atoms with Gasteiger partial charge in [0, 0.05) is 0 Å². The summed E-state index contributed by atoms with van der Waals surface area (Å²) in [6.07, 6.45) is 10.6. The normalized spacial score (nSPS) is 27.9. The summed E-state index contributed by atoms with van der Waals surface area (Å²) >= 11 is 0. The first-order chi connectivity index (χ1) is 8.13. The lowest BCUT2D eigenvalue weighted by atomic mass is 9.89. The molecule has 1 aliphatic carbocycles. The third-order valence-electron chi connectivity index (χ3n) is 4.83. The molecule has 0 amide bonds. The molecule has 0 aromatic heterocycles. The first-order valence-electron chi connectivity index (χ1n) is 7.82. The van der Waals surface area contributed by atoms with Gasteiger partial charge in [0.05, 0.1) is 0 Å². The van der Waals surface area contributed by atoms with Gasteiger partial charge in [-0.3, -0.25) is 0 Å². The van der Waals surface area contributed by atoms with E-state index in [2.05, 4.69) is 40.7 Å². The minimum atomic E-state index is 0.795. The molecule has 0 N–H and O–H groups in total. The molecule has 100 valence electrons. The average Bonchev–Trinajstić information content (AvgIpc) is 3.12. The van der Waals surface area contributed by atoms with Gasteiger partial charge in [0.15, 0.2) is 0 Å². The van der Waals surface area contributed by atoms with E-state index < -0.39 is 0 Å². The van der Waals surface area contributed by atoms with Crippen molar-refractivity contribution in [3.8, 4) is 0 Å². The summed E-state index contributed by atoms with van der Waals surface area (Å²) in [5.74, 6) is 3.86. The topological polar surface area (TPSA) is 0 Å². The number of hydrogen-bond donors (Lipinski definition) is 0. The van der Waals surface area contributed by atoms with Crippen molar-refractivity contribution in [2.24, 2.45) is 23.7 Å². The van der Waals surface area contributed by atoms with Gasteiger partial charge in [-0.05, 0) is 55.8 Å². The fourth-order valence-corrected chi connectivity index (χ4v) is 3.12. The second-order valence-electron chi connectivity index (χ2n) is 6.08. The van der Waals surface area contributed by atoms with Crippen molar-refractivity contribution in [2.45, 2.75) is 73.1 Å². The van der Waals surface area contributed by atoms with Gasteiger partial charge in [0.2, 0.25) is 0 Å². The van der Waals surface area contributed by atoms with E-state index in [4.69, 9.17) is 0 Å². The van der Waals surface area contributed by atoms with Gasteiger partial charge in [-0.15, -0.1) is 0 Å². The van der Waals surface area contributed by atoms with Crippen molar-refractivity contribution < 1.29 is 0 Å². The van der Waals surface area contributed by atoms with E-state index in [1.54, 1.807) is 5.57 Å². The summed E-state index contributed by atoms with van der Waals surface area (Å²) in [5.41, 5.74) is 1.72. The molecular formula is C17H32. The molecule has 0 spiro atoms. The predicted molar refractivity (Wildman–Crippen MR) is 78.1 cm³/mol. The predicted octanol–water partition coefficient (Wildman–Crippen LogP) is 5.83. The third-order valence-corrected chi connectivity index (χ3v) is 4.83. The lowest BCUT2D eigenvalue weighted by Gasteiger charge is -2.17. The van der Waals surface area contributed by atoms with Crippen LogP contribution in [0.15, 0.2) is 11.6 Å². The van der Waals surface area contributed by atoms with Gasteiger partial charge in [-0.1, -0.05) is 52.7 Å². The highest BCUT2D eigenvalue weighted by Gasteiger charge is 2.38. The van der Waals surface area contributed by atoms with Crippen LogP contribution in [0.2, 0.25) is 0 Å². The molecule has 1 saturated carbocycles. The smallest absolute Gasteiger partial charge is 0.0234 e. The van der Waals surface area contributed by atoms with Crippen LogP contribution in [0.25, 0.3) is 0 Å². The van der Waals surface area contributed by atoms with Crippen molar-refractivity contribution >= 4 is 0 Å². The molecule has 0 nitrogen and oxygen atoms in total. The Morgan fingerprint density at radius 2 is 1.94 bits per heavy atom. The highest BCUT2D eigenvalue weighted by atomic mass is 14.4. The van der Waals surface area contributed by atoms with Crippen molar-refractivity contribution in [1.29, 1.82) is 0 Å². The average molecular weight is 236 g/mol. The summed E-state index contributed by atoms with van der Waals surface area (Å²) < 4.78 is 0. The van der Waals surface area contributed by atoms with E-state index in [0.29, 0.717) is 0 Å². The molecule has 1 rings (SSSR count). The summed E-state index contributed by atoms with van der Waals surface area (Å²) in [4.78, 5) is 0. The first kappa shape index (κ1) is 14.8. The Morgan fingerprint density at radius 3 is 2.41 bits per heavy atom. The Bertz CT molecular complexity index is 238. The highest BCUT2D eigenvalue weighted by Crippen LogP contribution is 2.48.